The molecule has 3 aliphatic carbocycles. The summed E-state index contributed by atoms with van der Waals surface area (Å²) in [6.45, 7) is 5.19. The molecule has 1 heteroatoms. The van der Waals surface area contributed by atoms with Gasteiger partial charge in [0.1, 0.15) is 12.4 Å². The fourth-order valence-corrected chi connectivity index (χ4v) is 6.59. The van der Waals surface area contributed by atoms with Crippen LogP contribution in [0.3, 0.4) is 0 Å². The molecule has 0 heterocycles. The Morgan fingerprint density at radius 2 is 1.26 bits per heavy atom. The first-order valence-corrected chi connectivity index (χ1v) is 14.7. The van der Waals surface area contributed by atoms with Crippen LogP contribution in [0.5, 0.6) is 5.75 Å². The molecule has 0 aromatic heterocycles. The van der Waals surface area contributed by atoms with E-state index in [1.165, 1.54) is 101 Å². The van der Waals surface area contributed by atoms with Crippen molar-refractivity contribution < 1.29 is 4.74 Å². The molecule has 3 aliphatic rings. The van der Waals surface area contributed by atoms with E-state index in [1.54, 1.807) is 5.56 Å². The number of allylic oxidation sites excluding steroid dienone is 1. The summed E-state index contributed by atoms with van der Waals surface area (Å²) < 4.78 is 5.87. The van der Waals surface area contributed by atoms with Crippen LogP contribution in [0.4, 0.5) is 0 Å². The summed E-state index contributed by atoms with van der Waals surface area (Å²) in [5, 5.41) is 0. The Kier molecular flexibility index (Phi) is 9.52. The molecule has 3 fully saturated rings. The van der Waals surface area contributed by atoms with Gasteiger partial charge in [-0.2, -0.15) is 0 Å². The number of unbranched alkanes of at least 4 members (excludes halogenated alkanes) is 6. The van der Waals surface area contributed by atoms with E-state index in [0.717, 1.165) is 12.2 Å². The fourth-order valence-electron chi connectivity index (χ4n) is 6.59. The van der Waals surface area contributed by atoms with Crippen LogP contribution in [0, 0.1) is 5.41 Å². The molecule has 0 spiro atoms. The highest BCUT2D eigenvalue weighted by Crippen LogP contribution is 2.59. The van der Waals surface area contributed by atoms with Gasteiger partial charge in [0.25, 0.3) is 0 Å². The average molecular weight is 473 g/mol. The Morgan fingerprint density at radius 1 is 0.657 bits per heavy atom. The van der Waals surface area contributed by atoms with Crippen molar-refractivity contribution in [3.05, 3.63) is 66.2 Å². The quantitative estimate of drug-likeness (QED) is 0.196. The zero-order chi connectivity index (χ0) is 24.4. The molecule has 190 valence electrons. The van der Waals surface area contributed by atoms with Crippen LogP contribution in [-0.4, -0.2) is 6.61 Å². The molecule has 2 aromatic carbocycles. The van der Waals surface area contributed by atoms with Gasteiger partial charge in [-0.1, -0.05) is 107 Å². The van der Waals surface area contributed by atoms with E-state index < -0.39 is 0 Å². The first-order chi connectivity index (χ1) is 17.2. The molecule has 0 amide bonds. The van der Waals surface area contributed by atoms with E-state index in [0.29, 0.717) is 17.4 Å². The third kappa shape index (κ3) is 6.81. The zero-order valence-corrected chi connectivity index (χ0v) is 22.5. The van der Waals surface area contributed by atoms with E-state index in [9.17, 15) is 0 Å². The molecule has 1 nitrogen and oxygen atoms in total. The smallest absolute Gasteiger partial charge is 0.119 e. The van der Waals surface area contributed by atoms with Gasteiger partial charge in [-0.05, 0) is 91.0 Å². The van der Waals surface area contributed by atoms with E-state index in [-0.39, 0.29) is 0 Å². The molecule has 2 aromatic rings. The molecule has 0 unspecified atom stereocenters. The van der Waals surface area contributed by atoms with Crippen LogP contribution >= 0.6 is 0 Å². The van der Waals surface area contributed by atoms with Crippen LogP contribution in [0.25, 0.3) is 11.1 Å². The first-order valence-electron chi connectivity index (χ1n) is 14.7. The second-order valence-corrected chi connectivity index (χ2v) is 11.5. The highest BCUT2D eigenvalue weighted by Gasteiger charge is 2.48. The first kappa shape index (κ1) is 26.1. The van der Waals surface area contributed by atoms with Gasteiger partial charge in [0.05, 0.1) is 0 Å². The number of hydrogen-bond donors (Lipinski definition) is 0. The lowest BCUT2D eigenvalue weighted by molar-refractivity contribution is 0.0304. The third-order valence-electron chi connectivity index (χ3n) is 9.13. The van der Waals surface area contributed by atoms with Gasteiger partial charge in [-0.15, -0.1) is 0 Å². The van der Waals surface area contributed by atoms with Gasteiger partial charge in [-0.3, -0.25) is 0 Å². The molecule has 0 N–H and O–H groups in total. The van der Waals surface area contributed by atoms with Gasteiger partial charge in [0.15, 0.2) is 0 Å². The predicted molar refractivity (Wildman–Crippen MR) is 151 cm³/mol. The minimum atomic E-state index is 0.449. The van der Waals surface area contributed by atoms with Gasteiger partial charge in [-0.25, -0.2) is 0 Å². The van der Waals surface area contributed by atoms with Crippen LogP contribution in [0.2, 0.25) is 0 Å². The maximum absolute atomic E-state index is 5.87. The summed E-state index contributed by atoms with van der Waals surface area (Å²) in [6.07, 6.45) is 25.2. The summed E-state index contributed by atoms with van der Waals surface area (Å²) in [7, 11) is 0. The Labute approximate surface area is 215 Å². The van der Waals surface area contributed by atoms with Crippen molar-refractivity contribution in [3.63, 3.8) is 0 Å². The molecular formula is C34H48O. The Bertz CT molecular complexity index is 880. The SMILES string of the molecule is CCCCC=CCOc1ccc(-c2ccc(C34CCC(CCCCCCC)(CC3)CC4)cc2)cc1. The highest BCUT2D eigenvalue weighted by atomic mass is 16.5. The van der Waals surface area contributed by atoms with Crippen molar-refractivity contribution >= 4 is 0 Å². The highest BCUT2D eigenvalue weighted by molar-refractivity contribution is 5.64. The van der Waals surface area contributed by atoms with Crippen LogP contribution in [-0.2, 0) is 5.41 Å². The standard InChI is InChI=1S/C34H48O/c1-3-5-7-9-11-21-33-22-25-34(26-23-33,27-24-33)31-17-13-29(14-18-31)30-15-19-32(20-16-30)35-28-12-10-8-6-4-2/h10,12-20H,3-9,11,21-28H2,1-2H3. The van der Waals surface area contributed by atoms with Crippen molar-refractivity contribution in [1.82, 2.24) is 0 Å². The van der Waals surface area contributed by atoms with Crippen LogP contribution < -0.4 is 4.74 Å². The number of benzene rings is 2. The number of ether oxygens (including phenoxy) is 1. The van der Waals surface area contributed by atoms with Crippen molar-refractivity contribution in [2.45, 2.75) is 116 Å². The molecular weight excluding hydrogens is 424 g/mol. The number of rotatable bonds is 14. The van der Waals surface area contributed by atoms with Crippen molar-refractivity contribution in [2.24, 2.45) is 5.41 Å². The van der Waals surface area contributed by atoms with E-state index in [4.69, 9.17) is 4.74 Å². The maximum Gasteiger partial charge on any atom is 0.119 e. The second-order valence-electron chi connectivity index (χ2n) is 11.5. The monoisotopic (exact) mass is 472 g/mol. The summed E-state index contributed by atoms with van der Waals surface area (Å²) in [6, 6.07) is 18.2. The summed E-state index contributed by atoms with van der Waals surface area (Å²) in [5.74, 6) is 0.947. The molecule has 0 aliphatic heterocycles. The molecule has 0 saturated heterocycles. The molecule has 5 rings (SSSR count). The topological polar surface area (TPSA) is 9.23 Å². The number of hydrogen-bond acceptors (Lipinski definition) is 1. The lowest BCUT2D eigenvalue weighted by Gasteiger charge is -2.54. The average Bonchev–Trinajstić information content (AvgIpc) is 2.92. The molecule has 0 radical (unpaired) electrons. The maximum atomic E-state index is 5.87. The fraction of sp³-hybridized carbons (Fsp3) is 0.588. The Hall–Kier alpha value is -2.02. The van der Waals surface area contributed by atoms with E-state index in [1.807, 2.05) is 0 Å². The molecule has 3 saturated carbocycles. The predicted octanol–water partition coefficient (Wildman–Crippen LogP) is 10.4. The Balaban J connectivity index is 1.28. The summed E-state index contributed by atoms with van der Waals surface area (Å²) in [5.41, 5.74) is 5.30. The lowest BCUT2D eigenvalue weighted by atomic mass is 9.51. The normalized spacial score (nSPS) is 23.7. The van der Waals surface area contributed by atoms with Crippen molar-refractivity contribution in [1.29, 1.82) is 0 Å². The van der Waals surface area contributed by atoms with Crippen molar-refractivity contribution in [2.75, 3.05) is 6.61 Å². The molecule has 0 atom stereocenters. The lowest BCUT2D eigenvalue weighted by Crippen LogP contribution is -2.44. The summed E-state index contributed by atoms with van der Waals surface area (Å²) in [4.78, 5) is 0. The zero-order valence-electron chi connectivity index (χ0n) is 22.5. The minimum Gasteiger partial charge on any atom is -0.490 e. The molecule has 2 bridgehead atoms. The van der Waals surface area contributed by atoms with Crippen molar-refractivity contribution in [3.8, 4) is 16.9 Å². The largest absolute Gasteiger partial charge is 0.490 e. The van der Waals surface area contributed by atoms with Crippen LogP contribution in [0.15, 0.2) is 60.7 Å². The third-order valence-corrected chi connectivity index (χ3v) is 9.13. The van der Waals surface area contributed by atoms with Crippen LogP contribution in [0.1, 0.15) is 116 Å². The summed E-state index contributed by atoms with van der Waals surface area (Å²) >= 11 is 0. The van der Waals surface area contributed by atoms with Gasteiger partial charge < -0.3 is 4.74 Å². The number of fused-ring (bicyclic) bond motifs is 3. The van der Waals surface area contributed by atoms with E-state index >= 15 is 0 Å². The Morgan fingerprint density at radius 3 is 1.89 bits per heavy atom. The van der Waals surface area contributed by atoms with E-state index in [2.05, 4.69) is 74.5 Å². The van der Waals surface area contributed by atoms with Gasteiger partial charge >= 0.3 is 0 Å². The molecule has 35 heavy (non-hydrogen) atoms. The van der Waals surface area contributed by atoms with Gasteiger partial charge in [0.2, 0.25) is 0 Å². The minimum absolute atomic E-state index is 0.449. The van der Waals surface area contributed by atoms with Gasteiger partial charge in [0, 0.05) is 0 Å². The second kappa shape index (κ2) is 12.8.